The first-order valence-corrected chi connectivity index (χ1v) is 9.40. The second kappa shape index (κ2) is 7.44. The van der Waals surface area contributed by atoms with E-state index >= 15 is 0 Å². The zero-order valence-corrected chi connectivity index (χ0v) is 14.4. The van der Waals surface area contributed by atoms with Gasteiger partial charge in [0.15, 0.2) is 0 Å². The van der Waals surface area contributed by atoms with Crippen LogP contribution in [-0.2, 0) is 14.3 Å². The standard InChI is InChI=1S/C18H17NO3Se/c1-21-18(20)16-15(12-23-14-10-6-3-7-11-14)22-17(19-16)13-8-4-2-5-9-13/h2-11,15-16H,12H2,1H3/t15-,16+/m1/s1. The van der Waals surface area contributed by atoms with E-state index < -0.39 is 6.04 Å². The molecule has 0 spiro atoms. The molecule has 0 aliphatic carbocycles. The maximum atomic E-state index is 12.0. The predicted molar refractivity (Wildman–Crippen MR) is 90.3 cm³/mol. The fraction of sp³-hybridized carbons (Fsp3) is 0.222. The molecule has 0 fully saturated rings. The summed E-state index contributed by atoms with van der Waals surface area (Å²) in [5.41, 5.74) is 0.885. The van der Waals surface area contributed by atoms with E-state index in [0.29, 0.717) is 5.90 Å². The average molecular weight is 374 g/mol. The van der Waals surface area contributed by atoms with Crippen molar-refractivity contribution >= 4 is 31.3 Å². The Morgan fingerprint density at radius 2 is 1.78 bits per heavy atom. The summed E-state index contributed by atoms with van der Waals surface area (Å²) in [5, 5.41) is 0.774. The van der Waals surface area contributed by atoms with E-state index in [1.54, 1.807) is 0 Å². The molecule has 1 heterocycles. The van der Waals surface area contributed by atoms with E-state index in [4.69, 9.17) is 9.47 Å². The van der Waals surface area contributed by atoms with Gasteiger partial charge in [0, 0.05) is 0 Å². The molecular weight excluding hydrogens is 357 g/mol. The van der Waals surface area contributed by atoms with E-state index in [-0.39, 0.29) is 27.0 Å². The molecule has 2 aromatic rings. The van der Waals surface area contributed by atoms with Gasteiger partial charge in [-0.2, -0.15) is 0 Å². The Bertz CT molecular complexity index is 688. The zero-order chi connectivity index (χ0) is 16.1. The Labute approximate surface area is 141 Å². The monoisotopic (exact) mass is 375 g/mol. The Balaban J connectivity index is 1.73. The van der Waals surface area contributed by atoms with Crippen molar-refractivity contribution in [2.45, 2.75) is 17.5 Å². The van der Waals surface area contributed by atoms with Crippen LogP contribution in [0.1, 0.15) is 5.56 Å². The summed E-state index contributed by atoms with van der Waals surface area (Å²) in [5.74, 6) is 0.180. The number of hydrogen-bond acceptors (Lipinski definition) is 4. The number of carbonyl (C=O) groups is 1. The Hall–Kier alpha value is -2.10. The minimum absolute atomic E-state index is 0.222. The molecule has 23 heavy (non-hydrogen) atoms. The van der Waals surface area contributed by atoms with Gasteiger partial charge < -0.3 is 0 Å². The van der Waals surface area contributed by atoms with Gasteiger partial charge in [-0.15, -0.1) is 0 Å². The summed E-state index contributed by atoms with van der Waals surface area (Å²) in [6.45, 7) is 0. The van der Waals surface area contributed by atoms with Crippen LogP contribution in [0.25, 0.3) is 0 Å². The van der Waals surface area contributed by atoms with Crippen LogP contribution in [-0.4, -0.2) is 46.1 Å². The number of carbonyl (C=O) groups excluding carboxylic acids is 1. The molecule has 118 valence electrons. The van der Waals surface area contributed by atoms with Crippen molar-refractivity contribution < 1.29 is 14.3 Å². The van der Waals surface area contributed by atoms with Gasteiger partial charge in [-0.05, 0) is 0 Å². The van der Waals surface area contributed by atoms with E-state index in [0.717, 1.165) is 10.9 Å². The minimum atomic E-state index is -0.583. The molecule has 2 aromatic carbocycles. The summed E-state index contributed by atoms with van der Waals surface area (Å²) >= 11 is 0.222. The Morgan fingerprint density at radius 3 is 2.43 bits per heavy atom. The second-order valence-corrected chi connectivity index (χ2v) is 7.34. The number of rotatable bonds is 5. The van der Waals surface area contributed by atoms with E-state index in [2.05, 4.69) is 17.1 Å². The first kappa shape index (κ1) is 15.8. The summed E-state index contributed by atoms with van der Waals surface area (Å²) in [4.78, 5) is 16.5. The van der Waals surface area contributed by atoms with Gasteiger partial charge in [0.2, 0.25) is 0 Å². The van der Waals surface area contributed by atoms with E-state index in [1.165, 1.54) is 11.6 Å². The van der Waals surface area contributed by atoms with Crippen molar-refractivity contribution in [1.29, 1.82) is 0 Å². The van der Waals surface area contributed by atoms with E-state index in [1.807, 2.05) is 48.5 Å². The van der Waals surface area contributed by atoms with Crippen molar-refractivity contribution in [2.24, 2.45) is 4.99 Å². The molecule has 0 aromatic heterocycles. The number of ether oxygens (including phenoxy) is 2. The number of methoxy groups -OCH3 is 1. The summed E-state index contributed by atoms with van der Waals surface area (Å²) in [7, 11) is 1.39. The molecule has 5 heteroatoms. The van der Waals surface area contributed by atoms with Crippen LogP contribution in [0.5, 0.6) is 0 Å². The molecule has 0 unspecified atom stereocenters. The third-order valence-electron chi connectivity index (χ3n) is 3.49. The second-order valence-electron chi connectivity index (χ2n) is 5.05. The topological polar surface area (TPSA) is 47.9 Å². The predicted octanol–water partition coefficient (Wildman–Crippen LogP) is 1.82. The van der Waals surface area contributed by atoms with E-state index in [9.17, 15) is 4.79 Å². The molecule has 0 N–H and O–H groups in total. The maximum absolute atomic E-state index is 12.0. The van der Waals surface area contributed by atoms with Crippen LogP contribution in [0.2, 0.25) is 5.32 Å². The normalized spacial score (nSPS) is 19.8. The first-order valence-electron chi connectivity index (χ1n) is 7.33. The molecular formula is C18H17NO3Se. The zero-order valence-electron chi connectivity index (χ0n) is 12.7. The number of esters is 1. The molecule has 1 aliphatic rings. The molecule has 4 nitrogen and oxygen atoms in total. The van der Waals surface area contributed by atoms with Gasteiger partial charge in [-0.3, -0.25) is 0 Å². The van der Waals surface area contributed by atoms with Gasteiger partial charge in [0.1, 0.15) is 0 Å². The van der Waals surface area contributed by atoms with Gasteiger partial charge in [0.25, 0.3) is 0 Å². The fourth-order valence-electron chi connectivity index (χ4n) is 2.32. The number of nitrogens with zero attached hydrogens (tertiary/aromatic N) is 1. The SMILES string of the molecule is COC(=O)[C@H]1N=C(c2ccccc2)O[C@@H]1C[Se]c1ccccc1. The van der Waals surface area contributed by atoms with Gasteiger partial charge in [-0.25, -0.2) is 0 Å². The molecule has 0 amide bonds. The van der Waals surface area contributed by atoms with Crippen LogP contribution in [0, 0.1) is 0 Å². The molecule has 0 saturated heterocycles. The first-order chi connectivity index (χ1) is 11.3. The molecule has 1 aliphatic heterocycles. The molecule has 2 atom stereocenters. The van der Waals surface area contributed by atoms with Crippen molar-refractivity contribution in [1.82, 2.24) is 0 Å². The van der Waals surface area contributed by atoms with Crippen LogP contribution in [0.3, 0.4) is 0 Å². The summed E-state index contributed by atoms with van der Waals surface area (Å²) < 4.78 is 12.1. The molecule has 0 saturated carbocycles. The van der Waals surface area contributed by atoms with Crippen molar-refractivity contribution in [3.63, 3.8) is 0 Å². The van der Waals surface area contributed by atoms with Crippen molar-refractivity contribution in [3.8, 4) is 0 Å². The molecule has 0 radical (unpaired) electrons. The van der Waals surface area contributed by atoms with Crippen LogP contribution >= 0.6 is 0 Å². The van der Waals surface area contributed by atoms with Crippen LogP contribution in [0.15, 0.2) is 65.7 Å². The molecule has 3 rings (SSSR count). The number of aliphatic imine (C=N–C) groups is 1. The third-order valence-corrected chi connectivity index (χ3v) is 5.80. The quantitative estimate of drug-likeness (QED) is 0.593. The van der Waals surface area contributed by atoms with Gasteiger partial charge in [0.05, 0.1) is 0 Å². The van der Waals surface area contributed by atoms with Crippen molar-refractivity contribution in [2.75, 3.05) is 7.11 Å². The number of benzene rings is 2. The van der Waals surface area contributed by atoms with Gasteiger partial charge in [-0.1, -0.05) is 0 Å². The average Bonchev–Trinajstić information content (AvgIpc) is 3.05. The number of hydrogen-bond donors (Lipinski definition) is 0. The Kier molecular flexibility index (Phi) is 5.11. The van der Waals surface area contributed by atoms with Crippen LogP contribution in [0.4, 0.5) is 0 Å². The third kappa shape index (κ3) is 3.81. The summed E-state index contributed by atoms with van der Waals surface area (Å²) in [6.07, 6.45) is -0.266. The fourth-order valence-corrected chi connectivity index (χ4v) is 4.32. The van der Waals surface area contributed by atoms with Gasteiger partial charge >= 0.3 is 141 Å². The molecule has 0 bridgehead atoms. The van der Waals surface area contributed by atoms with Crippen LogP contribution < -0.4 is 4.46 Å². The Morgan fingerprint density at radius 1 is 1.13 bits per heavy atom. The van der Waals surface area contributed by atoms with Crippen molar-refractivity contribution in [3.05, 3.63) is 66.2 Å². The summed E-state index contributed by atoms with van der Waals surface area (Å²) in [6, 6.07) is 19.3.